The highest BCUT2D eigenvalue weighted by atomic mass is 79.9. The number of sulfonamides is 2. The topological polar surface area (TPSA) is 284 Å². The predicted molar refractivity (Wildman–Crippen MR) is 297 cm³/mol. The smallest absolute Gasteiger partial charge is 0.369 e. The second-order valence-corrected chi connectivity index (χ2v) is 30.0. The molecule has 22 nitrogen and oxygen atoms in total. The summed E-state index contributed by atoms with van der Waals surface area (Å²) >= 11 is 34.4. The van der Waals surface area contributed by atoms with Crippen LogP contribution in [0.2, 0.25) is 20.1 Å². The van der Waals surface area contributed by atoms with E-state index in [1.165, 1.54) is 31.4 Å². The minimum absolute atomic E-state index is 0.0160. The van der Waals surface area contributed by atoms with E-state index in [0.29, 0.717) is 47.9 Å². The molecule has 0 radical (unpaired) electrons. The van der Waals surface area contributed by atoms with Crippen LogP contribution < -0.4 is 46.2 Å². The molecule has 36 heteroatoms. The standard InChI is InChI=1S/C23H17Cl2F2N5O6S.C22H15Cl2F2N5O6S.BBr3/c1-28-22-8-23(9-22,10-22)31-39(35,36)16-7-12(3-4-15(16)37-2)38-18-13(24)5-11(6-14(18)25)32-21(34)29-20(33)17(30-32)19(26)27;1-27-21-7-22(8-21,9-21)30-38(35,36)15-6-11(2-3-14(15)32)37-17-12(23)4-10(5-13(17)24)31-20(34)28-19(33)16(29-31)18(25)26;2-1(3)4/h3-7,19,31H,8-10H2,2H3,(H,29,33,34);2-6,18,30,32H,7-9H2,(H,28,33,34);. The zero-order valence-corrected chi connectivity index (χ0v) is 49.8. The number of alkyl halides is 4. The number of phenolic OH excluding ortho intramolecular Hbond substituents is 1. The van der Waals surface area contributed by atoms with Gasteiger partial charge < -0.3 is 29.0 Å². The van der Waals surface area contributed by atoms with Crippen LogP contribution in [-0.2, 0) is 20.0 Å². The van der Waals surface area contributed by atoms with Crippen LogP contribution in [-0.4, -0.2) is 83.9 Å². The Labute approximate surface area is 498 Å². The Bertz CT molecular complexity index is 4070. The van der Waals surface area contributed by atoms with Crippen molar-refractivity contribution >= 4 is 117 Å². The van der Waals surface area contributed by atoms with Gasteiger partial charge in [-0.25, -0.2) is 66.6 Å². The van der Waals surface area contributed by atoms with Crippen molar-refractivity contribution in [1.82, 2.24) is 39.0 Å². The third kappa shape index (κ3) is 12.6. The zero-order valence-electron chi connectivity index (χ0n) is 40.3. The Hall–Kier alpha value is -5.52. The molecule has 2 aromatic heterocycles. The lowest BCUT2D eigenvalue weighted by molar-refractivity contribution is -0.0332. The monoisotopic (exact) mass is 1430 g/mol. The van der Waals surface area contributed by atoms with Gasteiger partial charge in [-0.1, -0.05) is 46.4 Å². The fourth-order valence-corrected chi connectivity index (χ4v) is 13.7. The van der Waals surface area contributed by atoms with Crippen molar-refractivity contribution in [2.45, 2.75) is 83.3 Å². The molecule has 0 atom stereocenters. The number of aromatic nitrogens is 6. The summed E-state index contributed by atoms with van der Waals surface area (Å²) in [5.74, 6) is -0.858. The third-order valence-corrected chi connectivity index (χ3v) is 17.2. The molecule has 6 aliphatic carbocycles. The molecule has 5 N–H and O–H groups in total. The van der Waals surface area contributed by atoms with E-state index >= 15 is 0 Å². The fraction of sp³-hybridized carbons (Fsp3) is 0.289. The molecule has 2 heterocycles. The van der Waals surface area contributed by atoms with Crippen LogP contribution in [0.1, 0.15) is 62.8 Å². The zero-order chi connectivity index (χ0) is 59.5. The number of hydrogen-bond acceptors (Lipinski definition) is 14. The number of halogens is 11. The first-order valence-electron chi connectivity index (χ1n) is 22.5. The third-order valence-electron chi connectivity index (χ3n) is 12.8. The summed E-state index contributed by atoms with van der Waals surface area (Å²) < 4.78 is 128. The van der Waals surface area contributed by atoms with Gasteiger partial charge in [0.2, 0.25) is 31.1 Å². The van der Waals surface area contributed by atoms with Crippen LogP contribution in [0.3, 0.4) is 0 Å². The van der Waals surface area contributed by atoms with E-state index in [1.807, 2.05) is 0 Å². The average molecular weight is 1440 g/mol. The number of phenols is 1. The molecule has 6 aromatic rings. The van der Waals surface area contributed by atoms with Crippen LogP contribution in [0.4, 0.5) is 17.6 Å². The molecule has 6 saturated carbocycles. The second kappa shape index (κ2) is 22.9. The predicted octanol–water partition coefficient (Wildman–Crippen LogP) is 9.53. The Morgan fingerprint density at radius 1 is 0.654 bits per heavy atom. The van der Waals surface area contributed by atoms with Gasteiger partial charge in [0.1, 0.15) is 32.8 Å². The maximum Gasteiger partial charge on any atom is 0.369 e. The summed E-state index contributed by atoms with van der Waals surface area (Å²) in [5.41, 5.74) is -9.92. The van der Waals surface area contributed by atoms with Gasteiger partial charge in [-0.2, -0.15) is 19.6 Å². The van der Waals surface area contributed by atoms with Crippen molar-refractivity contribution in [2.75, 3.05) is 7.11 Å². The summed E-state index contributed by atoms with van der Waals surface area (Å²) in [6.45, 7) is 14.4. The number of rotatable bonds is 15. The Morgan fingerprint density at radius 3 is 1.35 bits per heavy atom. The molecule has 0 saturated heterocycles. The van der Waals surface area contributed by atoms with Crippen molar-refractivity contribution in [3.63, 3.8) is 0 Å². The Balaban J connectivity index is 0.000000199. The molecule has 0 spiro atoms. The molecule has 4 bridgehead atoms. The lowest BCUT2D eigenvalue weighted by Gasteiger charge is -2.61. The van der Waals surface area contributed by atoms with Crippen molar-refractivity contribution in [1.29, 1.82) is 0 Å². The van der Waals surface area contributed by atoms with Crippen LogP contribution in [0.5, 0.6) is 34.5 Å². The Morgan fingerprint density at radius 2 is 1.00 bits per heavy atom. The van der Waals surface area contributed by atoms with Crippen LogP contribution in [0, 0.1) is 13.1 Å². The number of ether oxygens (including phenoxy) is 3. The largest absolute Gasteiger partial charge is 0.507 e. The maximum absolute atomic E-state index is 13.2. The second-order valence-electron chi connectivity index (χ2n) is 18.6. The van der Waals surface area contributed by atoms with Crippen LogP contribution in [0.15, 0.2) is 89.6 Å². The van der Waals surface area contributed by atoms with Crippen molar-refractivity contribution in [2.24, 2.45) is 0 Å². The first-order chi connectivity index (χ1) is 37.8. The van der Waals surface area contributed by atoms with Crippen molar-refractivity contribution < 1.29 is 53.7 Å². The summed E-state index contributed by atoms with van der Waals surface area (Å²) in [7, 11) is -6.96. The van der Waals surface area contributed by atoms with Crippen molar-refractivity contribution in [3.05, 3.63) is 157 Å². The minimum Gasteiger partial charge on any atom is -0.507 e. The quantitative estimate of drug-likeness (QED) is 0.0364. The normalized spacial score (nSPS) is 21.0. The Kier molecular flexibility index (Phi) is 17.4. The number of methoxy groups -OCH3 is 1. The molecule has 0 aliphatic heterocycles. The number of nitrogens with one attached hydrogen (secondary N) is 4. The van der Waals surface area contributed by atoms with Crippen LogP contribution >= 0.6 is 93.7 Å². The van der Waals surface area contributed by atoms with E-state index < -0.39 is 99.6 Å². The average Bonchev–Trinajstić information content (AvgIpc) is 2.95. The number of benzene rings is 4. The van der Waals surface area contributed by atoms with E-state index in [-0.39, 0.29) is 68.3 Å². The minimum atomic E-state index is -4.19. The van der Waals surface area contributed by atoms with Gasteiger partial charge in [-0.05, 0) is 48.5 Å². The van der Waals surface area contributed by atoms with Gasteiger partial charge >= 0.3 is 14.6 Å². The van der Waals surface area contributed by atoms with Gasteiger partial charge in [0.25, 0.3) is 24.0 Å². The number of nitrogens with zero attached hydrogens (tertiary/aromatic N) is 6. The van der Waals surface area contributed by atoms with E-state index in [9.17, 15) is 58.7 Å². The van der Waals surface area contributed by atoms with E-state index in [2.05, 4.69) is 76.6 Å². The van der Waals surface area contributed by atoms with E-state index in [0.717, 1.165) is 36.4 Å². The first-order valence-corrected chi connectivity index (χ1v) is 29.7. The lowest BCUT2D eigenvalue weighted by atomic mass is 9.45. The highest BCUT2D eigenvalue weighted by molar-refractivity contribution is 9.69. The summed E-state index contributed by atoms with van der Waals surface area (Å²) in [4.78, 5) is 57.3. The highest BCUT2D eigenvalue weighted by Crippen LogP contribution is 2.64. The van der Waals surface area contributed by atoms with Gasteiger partial charge in [0.05, 0.1) is 49.7 Å². The van der Waals surface area contributed by atoms with Crippen LogP contribution in [0.25, 0.3) is 21.1 Å². The maximum atomic E-state index is 13.2. The molecule has 81 heavy (non-hydrogen) atoms. The highest BCUT2D eigenvalue weighted by Gasteiger charge is 2.76. The molecular weight excluding hydrogens is 1410 g/mol. The molecular formula is C45H32BBr3Cl4F4N10O12S2. The number of hydrogen-bond donors (Lipinski definition) is 5. The summed E-state index contributed by atoms with van der Waals surface area (Å²) in [6.07, 6.45) is -4.01. The molecule has 6 fully saturated rings. The molecule has 6 aliphatic rings. The van der Waals surface area contributed by atoms with Gasteiger partial charge in [-0.15, -0.1) is 47.3 Å². The van der Waals surface area contributed by atoms with E-state index in [4.69, 9.17) is 73.8 Å². The number of aromatic hydroxyl groups is 1. The molecule has 4 aromatic carbocycles. The number of H-pyrrole nitrogens is 2. The SMILES string of the molecule is BrB(Br)Br.[C-]#[N+]C12CC(NS(=O)(=O)c3cc(Oc4c(Cl)cc(-n5nc(C(F)F)c(=O)[nH]c5=O)cc4Cl)ccc3O)(C1)C2.[C-]#[N+]C12CC(NS(=O)(=O)c3cc(Oc4c(Cl)cc(-n5nc(C(F)F)c(=O)[nH]c5=O)cc4Cl)ccc3OC)(C1)C2. The fourth-order valence-electron chi connectivity index (χ4n) is 9.54. The van der Waals surface area contributed by atoms with E-state index in [1.54, 1.807) is 9.97 Å². The first kappa shape index (κ1) is 61.6. The molecule has 0 amide bonds. The summed E-state index contributed by atoms with van der Waals surface area (Å²) in [6, 6.07) is 11.9. The number of aromatic amines is 2. The van der Waals surface area contributed by atoms with Crippen molar-refractivity contribution in [3.8, 4) is 45.9 Å². The molecule has 426 valence electrons. The summed E-state index contributed by atoms with van der Waals surface area (Å²) in [5, 5.41) is 16.2. The molecule has 0 unspecified atom stereocenters. The molecule has 12 rings (SSSR count). The lowest BCUT2D eigenvalue weighted by Crippen LogP contribution is -2.77. The van der Waals surface area contributed by atoms with Gasteiger partial charge in [0, 0.05) is 50.7 Å². The van der Waals surface area contributed by atoms with Gasteiger partial charge in [-0.3, -0.25) is 19.6 Å². The van der Waals surface area contributed by atoms with Gasteiger partial charge in [0.15, 0.2) is 22.9 Å².